The summed E-state index contributed by atoms with van der Waals surface area (Å²) in [5.41, 5.74) is 5.90. The number of sulfone groups is 1. The summed E-state index contributed by atoms with van der Waals surface area (Å²) in [6.07, 6.45) is 2.94. The van der Waals surface area contributed by atoms with E-state index in [-0.39, 0.29) is 15.5 Å². The summed E-state index contributed by atoms with van der Waals surface area (Å²) in [6.45, 7) is 5.57. The Kier molecular flexibility index (Phi) is 5.20. The van der Waals surface area contributed by atoms with E-state index in [9.17, 15) is 8.42 Å². The molecular weight excluding hydrogens is 282 g/mol. The molecule has 0 fully saturated rings. The zero-order valence-corrected chi connectivity index (χ0v) is 13.1. The summed E-state index contributed by atoms with van der Waals surface area (Å²) in [4.78, 5) is 2.38. The van der Waals surface area contributed by atoms with Crippen LogP contribution in [0.2, 0.25) is 0 Å². The van der Waals surface area contributed by atoms with Crippen molar-refractivity contribution >= 4 is 31.9 Å². The maximum Gasteiger partial charge on any atom is 0.180 e. The van der Waals surface area contributed by atoms with Crippen molar-refractivity contribution in [1.82, 2.24) is 0 Å². The SMILES string of the molecule is CCCN(CCC)c1sc(C#N)c(N)c1S(C)(=O)=O. The monoisotopic (exact) mass is 301 g/mol. The average Bonchev–Trinajstić information content (AvgIpc) is 2.65. The molecule has 106 valence electrons. The molecule has 19 heavy (non-hydrogen) atoms. The highest BCUT2D eigenvalue weighted by Gasteiger charge is 2.26. The van der Waals surface area contributed by atoms with Gasteiger partial charge in [0.1, 0.15) is 20.8 Å². The predicted octanol–water partition coefficient (Wildman–Crippen LogP) is 2.23. The molecule has 0 saturated carbocycles. The average molecular weight is 301 g/mol. The molecule has 1 aromatic heterocycles. The Morgan fingerprint density at radius 1 is 1.32 bits per heavy atom. The molecule has 7 heteroatoms. The molecular formula is C12H19N3O2S2. The van der Waals surface area contributed by atoms with Gasteiger partial charge in [0.05, 0.1) is 5.69 Å². The minimum Gasteiger partial charge on any atom is -0.396 e. The number of nitrogens with two attached hydrogens (primary N) is 1. The Labute approximate surface area is 118 Å². The van der Waals surface area contributed by atoms with Crippen molar-refractivity contribution in [2.24, 2.45) is 0 Å². The largest absolute Gasteiger partial charge is 0.396 e. The van der Waals surface area contributed by atoms with Gasteiger partial charge in [0.15, 0.2) is 9.84 Å². The lowest BCUT2D eigenvalue weighted by Crippen LogP contribution is -2.25. The summed E-state index contributed by atoms with van der Waals surface area (Å²) < 4.78 is 23.8. The van der Waals surface area contributed by atoms with Crippen LogP contribution >= 0.6 is 11.3 Å². The molecule has 0 aliphatic rings. The fourth-order valence-electron chi connectivity index (χ4n) is 1.92. The van der Waals surface area contributed by atoms with Crippen molar-refractivity contribution < 1.29 is 8.42 Å². The zero-order valence-electron chi connectivity index (χ0n) is 11.4. The van der Waals surface area contributed by atoms with E-state index in [1.165, 1.54) is 0 Å². The van der Waals surface area contributed by atoms with Crippen molar-refractivity contribution in [1.29, 1.82) is 5.26 Å². The molecule has 1 rings (SSSR count). The fraction of sp³-hybridized carbons (Fsp3) is 0.583. The van der Waals surface area contributed by atoms with Gasteiger partial charge in [-0.1, -0.05) is 13.8 Å². The predicted molar refractivity (Wildman–Crippen MR) is 79.4 cm³/mol. The van der Waals surface area contributed by atoms with E-state index < -0.39 is 9.84 Å². The van der Waals surface area contributed by atoms with Crippen LogP contribution in [0.4, 0.5) is 10.7 Å². The Balaban J connectivity index is 3.45. The third-order valence-electron chi connectivity index (χ3n) is 2.63. The first-order valence-electron chi connectivity index (χ1n) is 6.14. The molecule has 1 aromatic rings. The lowest BCUT2D eigenvalue weighted by Gasteiger charge is -2.23. The molecule has 0 spiro atoms. The van der Waals surface area contributed by atoms with Gasteiger partial charge < -0.3 is 10.6 Å². The van der Waals surface area contributed by atoms with Gasteiger partial charge in [-0.05, 0) is 12.8 Å². The third kappa shape index (κ3) is 3.39. The van der Waals surface area contributed by atoms with E-state index in [2.05, 4.69) is 0 Å². The van der Waals surface area contributed by atoms with Gasteiger partial charge in [-0.25, -0.2) is 8.42 Å². The van der Waals surface area contributed by atoms with E-state index in [1.54, 1.807) is 0 Å². The summed E-state index contributed by atoms with van der Waals surface area (Å²) in [5.74, 6) is 0. The van der Waals surface area contributed by atoms with Crippen LogP contribution < -0.4 is 10.6 Å². The molecule has 0 aromatic carbocycles. The topological polar surface area (TPSA) is 87.2 Å². The number of hydrogen-bond donors (Lipinski definition) is 1. The minimum absolute atomic E-state index is 0.0854. The highest BCUT2D eigenvalue weighted by molar-refractivity contribution is 7.91. The van der Waals surface area contributed by atoms with Crippen LogP contribution in [0.25, 0.3) is 0 Å². The van der Waals surface area contributed by atoms with Gasteiger partial charge in [0.2, 0.25) is 0 Å². The minimum atomic E-state index is -3.44. The standard InChI is InChI=1S/C12H19N3O2S2/c1-4-6-15(7-5-2)12-11(19(3,16)17)10(14)9(8-13)18-12/h4-7,14H2,1-3H3. The first-order chi connectivity index (χ1) is 8.86. The molecule has 0 saturated heterocycles. The second kappa shape index (κ2) is 6.26. The highest BCUT2D eigenvalue weighted by atomic mass is 32.2. The van der Waals surface area contributed by atoms with Crippen molar-refractivity contribution in [3.63, 3.8) is 0 Å². The van der Waals surface area contributed by atoms with E-state index in [0.717, 1.165) is 43.5 Å². The summed E-state index contributed by atoms with van der Waals surface area (Å²) in [6, 6.07) is 1.97. The van der Waals surface area contributed by atoms with Crippen LogP contribution in [-0.2, 0) is 9.84 Å². The molecule has 5 nitrogen and oxygen atoms in total. The quantitative estimate of drug-likeness (QED) is 0.870. The van der Waals surface area contributed by atoms with E-state index >= 15 is 0 Å². The van der Waals surface area contributed by atoms with Crippen LogP contribution in [0.1, 0.15) is 31.6 Å². The number of nitrogen functional groups attached to an aromatic ring is 1. The number of nitriles is 1. The Bertz CT molecular complexity index is 579. The lowest BCUT2D eigenvalue weighted by molar-refractivity contribution is 0.602. The normalized spacial score (nSPS) is 11.3. The van der Waals surface area contributed by atoms with Gasteiger partial charge in [-0.15, -0.1) is 11.3 Å². The molecule has 0 atom stereocenters. The summed E-state index contributed by atoms with van der Waals surface area (Å²) in [7, 11) is -3.44. The smallest absolute Gasteiger partial charge is 0.180 e. The van der Waals surface area contributed by atoms with Crippen LogP contribution in [0.5, 0.6) is 0 Å². The molecule has 1 heterocycles. The molecule has 0 aliphatic carbocycles. The van der Waals surface area contributed by atoms with Gasteiger partial charge >= 0.3 is 0 Å². The van der Waals surface area contributed by atoms with Crippen molar-refractivity contribution in [3.8, 4) is 6.07 Å². The Morgan fingerprint density at radius 2 is 1.84 bits per heavy atom. The lowest BCUT2D eigenvalue weighted by atomic mass is 10.3. The number of thiophene rings is 1. The molecule has 0 bridgehead atoms. The van der Waals surface area contributed by atoms with Gasteiger partial charge in [-0.2, -0.15) is 5.26 Å². The van der Waals surface area contributed by atoms with Gasteiger partial charge in [-0.3, -0.25) is 0 Å². The van der Waals surface area contributed by atoms with Crippen LogP contribution in [0, 0.1) is 11.3 Å². The Morgan fingerprint density at radius 3 is 2.21 bits per heavy atom. The van der Waals surface area contributed by atoms with Crippen molar-refractivity contribution in [3.05, 3.63) is 4.88 Å². The second-order valence-electron chi connectivity index (χ2n) is 4.35. The first kappa shape index (κ1) is 15.8. The molecule has 0 aliphatic heterocycles. The summed E-state index contributed by atoms with van der Waals surface area (Å²) in [5, 5.41) is 9.63. The highest BCUT2D eigenvalue weighted by Crippen LogP contribution is 2.41. The molecule has 0 radical (unpaired) electrons. The Hall–Kier alpha value is -1.26. The maximum atomic E-state index is 11.9. The number of hydrogen-bond acceptors (Lipinski definition) is 6. The number of nitrogens with zero attached hydrogens (tertiary/aromatic N) is 2. The van der Waals surface area contributed by atoms with Crippen LogP contribution in [-0.4, -0.2) is 27.8 Å². The maximum absolute atomic E-state index is 11.9. The molecule has 0 unspecified atom stereocenters. The van der Waals surface area contributed by atoms with Crippen LogP contribution in [0.15, 0.2) is 4.90 Å². The number of rotatable bonds is 6. The van der Waals surface area contributed by atoms with Crippen molar-refractivity contribution in [2.75, 3.05) is 30.0 Å². The number of anilines is 2. The molecule has 0 amide bonds. The van der Waals surface area contributed by atoms with Crippen molar-refractivity contribution in [2.45, 2.75) is 31.6 Å². The fourth-order valence-corrected chi connectivity index (χ4v) is 4.48. The van der Waals surface area contributed by atoms with Crippen LogP contribution in [0.3, 0.4) is 0 Å². The molecule has 2 N–H and O–H groups in total. The van der Waals surface area contributed by atoms with Gasteiger partial charge in [0, 0.05) is 19.3 Å². The zero-order chi connectivity index (χ0) is 14.6. The van der Waals surface area contributed by atoms with E-state index in [4.69, 9.17) is 11.0 Å². The first-order valence-corrected chi connectivity index (χ1v) is 8.84. The van der Waals surface area contributed by atoms with E-state index in [0.29, 0.717) is 5.00 Å². The third-order valence-corrected chi connectivity index (χ3v) is 5.08. The summed E-state index contributed by atoms with van der Waals surface area (Å²) >= 11 is 1.16. The second-order valence-corrected chi connectivity index (χ2v) is 7.30. The van der Waals surface area contributed by atoms with Gasteiger partial charge in [0.25, 0.3) is 0 Å². The van der Waals surface area contributed by atoms with E-state index in [1.807, 2.05) is 24.8 Å².